The molecule has 0 aliphatic carbocycles. The van der Waals surface area contributed by atoms with E-state index >= 15 is 0 Å². The van der Waals surface area contributed by atoms with Gasteiger partial charge in [-0.2, -0.15) is 4.98 Å². The third-order valence-electron chi connectivity index (χ3n) is 2.78. The zero-order valence-corrected chi connectivity index (χ0v) is 10.3. The van der Waals surface area contributed by atoms with Crippen LogP contribution in [0.15, 0.2) is 23.0 Å². The summed E-state index contributed by atoms with van der Waals surface area (Å²) >= 11 is 0. The van der Waals surface area contributed by atoms with E-state index in [2.05, 4.69) is 27.4 Å². The molecule has 5 nitrogen and oxygen atoms in total. The fraction of sp³-hybridized carbons (Fsp3) is 0.417. The molecule has 90 valence electrons. The van der Waals surface area contributed by atoms with E-state index in [9.17, 15) is 0 Å². The first-order valence-electron chi connectivity index (χ1n) is 5.68. The van der Waals surface area contributed by atoms with Crippen LogP contribution < -0.4 is 5.32 Å². The van der Waals surface area contributed by atoms with E-state index in [1.54, 1.807) is 12.4 Å². The normalized spacial score (nSPS) is 12.6. The first-order valence-corrected chi connectivity index (χ1v) is 5.68. The Hall–Kier alpha value is -1.75. The Morgan fingerprint density at radius 3 is 2.94 bits per heavy atom. The van der Waals surface area contributed by atoms with Crippen LogP contribution in [-0.4, -0.2) is 22.2 Å². The summed E-state index contributed by atoms with van der Waals surface area (Å²) in [7, 11) is 1.88. The Morgan fingerprint density at radius 2 is 2.29 bits per heavy atom. The van der Waals surface area contributed by atoms with Crippen molar-refractivity contribution in [2.24, 2.45) is 0 Å². The van der Waals surface area contributed by atoms with Gasteiger partial charge in [0.25, 0.3) is 0 Å². The van der Waals surface area contributed by atoms with E-state index in [1.165, 1.54) is 0 Å². The van der Waals surface area contributed by atoms with Gasteiger partial charge in [0, 0.05) is 18.0 Å². The third-order valence-corrected chi connectivity index (χ3v) is 2.78. The fourth-order valence-electron chi connectivity index (χ4n) is 1.69. The largest absolute Gasteiger partial charge is 0.337 e. The summed E-state index contributed by atoms with van der Waals surface area (Å²) in [6, 6.07) is 2.04. The maximum atomic E-state index is 5.27. The first-order chi connectivity index (χ1) is 8.26. The zero-order valence-electron chi connectivity index (χ0n) is 10.3. The highest BCUT2D eigenvalue weighted by atomic mass is 16.5. The first kappa shape index (κ1) is 11.7. The van der Waals surface area contributed by atoms with E-state index < -0.39 is 0 Å². The highest BCUT2D eigenvalue weighted by Gasteiger charge is 2.16. The van der Waals surface area contributed by atoms with Gasteiger partial charge in [-0.15, -0.1) is 0 Å². The Labute approximate surface area is 100 Å². The van der Waals surface area contributed by atoms with Crippen LogP contribution in [0.4, 0.5) is 0 Å². The smallest absolute Gasteiger partial charge is 0.244 e. The number of rotatable bonds is 4. The Kier molecular flexibility index (Phi) is 3.49. The summed E-state index contributed by atoms with van der Waals surface area (Å²) in [4.78, 5) is 8.48. The monoisotopic (exact) mass is 232 g/mol. The average Bonchev–Trinajstić information content (AvgIpc) is 2.81. The van der Waals surface area contributed by atoms with E-state index in [-0.39, 0.29) is 6.04 Å². The number of pyridine rings is 1. The molecule has 5 heteroatoms. The van der Waals surface area contributed by atoms with Crippen molar-refractivity contribution in [3.8, 4) is 11.4 Å². The molecule has 0 bridgehead atoms. The maximum Gasteiger partial charge on any atom is 0.244 e. The van der Waals surface area contributed by atoms with E-state index in [0.717, 1.165) is 17.5 Å². The number of hydrogen-bond donors (Lipinski definition) is 1. The fourth-order valence-corrected chi connectivity index (χ4v) is 1.69. The van der Waals surface area contributed by atoms with Gasteiger partial charge < -0.3 is 9.84 Å². The van der Waals surface area contributed by atoms with Gasteiger partial charge in [0.1, 0.15) is 0 Å². The summed E-state index contributed by atoms with van der Waals surface area (Å²) in [6.45, 7) is 4.07. The molecule has 1 N–H and O–H groups in total. The lowest BCUT2D eigenvalue weighted by molar-refractivity contribution is 0.334. The average molecular weight is 232 g/mol. The number of aromatic nitrogens is 3. The Morgan fingerprint density at radius 1 is 1.47 bits per heavy atom. The molecule has 2 aromatic heterocycles. The van der Waals surface area contributed by atoms with Crippen molar-refractivity contribution in [3.05, 3.63) is 29.9 Å². The molecule has 0 fully saturated rings. The number of hydrogen-bond acceptors (Lipinski definition) is 5. The van der Waals surface area contributed by atoms with Crippen molar-refractivity contribution in [1.82, 2.24) is 20.4 Å². The van der Waals surface area contributed by atoms with Crippen LogP contribution in [-0.2, 0) is 0 Å². The van der Waals surface area contributed by atoms with Crippen LogP contribution in [0.5, 0.6) is 0 Å². The molecule has 2 heterocycles. The standard InChI is InChI=1S/C12H16N4O/c1-4-10(13-3)12-15-11(16-17-12)9-7-14-6-5-8(9)2/h5-7,10,13H,4H2,1-3H3. The highest BCUT2D eigenvalue weighted by molar-refractivity contribution is 5.57. The van der Waals surface area contributed by atoms with Gasteiger partial charge in [-0.25, -0.2) is 0 Å². The minimum Gasteiger partial charge on any atom is -0.337 e. The molecule has 17 heavy (non-hydrogen) atoms. The lowest BCUT2D eigenvalue weighted by Crippen LogP contribution is -2.15. The van der Waals surface area contributed by atoms with Crippen LogP contribution in [0.1, 0.15) is 30.8 Å². The second-order valence-corrected chi connectivity index (χ2v) is 3.90. The van der Waals surface area contributed by atoms with E-state index in [0.29, 0.717) is 11.7 Å². The number of nitrogens with zero attached hydrogens (tertiary/aromatic N) is 3. The summed E-state index contributed by atoms with van der Waals surface area (Å²) in [5.41, 5.74) is 2.00. The maximum absolute atomic E-state index is 5.27. The predicted octanol–water partition coefficient (Wildman–Crippen LogP) is 2.11. The van der Waals surface area contributed by atoms with Crippen molar-refractivity contribution in [1.29, 1.82) is 0 Å². The molecule has 0 amide bonds. The van der Waals surface area contributed by atoms with Gasteiger partial charge >= 0.3 is 0 Å². The molecule has 2 rings (SSSR count). The molecule has 0 aromatic carbocycles. The predicted molar refractivity (Wildman–Crippen MR) is 64.4 cm³/mol. The molecule has 1 unspecified atom stereocenters. The molecule has 0 aliphatic heterocycles. The molecule has 0 spiro atoms. The van der Waals surface area contributed by atoms with Gasteiger partial charge in [-0.1, -0.05) is 12.1 Å². The molecule has 1 atom stereocenters. The van der Waals surface area contributed by atoms with Crippen LogP contribution in [0.25, 0.3) is 11.4 Å². The van der Waals surface area contributed by atoms with Gasteiger partial charge in [-0.3, -0.25) is 4.98 Å². The SMILES string of the molecule is CCC(NC)c1nc(-c2cnccc2C)no1. The van der Waals surface area contributed by atoms with Crippen molar-refractivity contribution in [2.45, 2.75) is 26.3 Å². The van der Waals surface area contributed by atoms with Crippen molar-refractivity contribution < 1.29 is 4.52 Å². The Balaban J connectivity index is 2.33. The number of nitrogens with one attached hydrogen (secondary N) is 1. The highest BCUT2D eigenvalue weighted by Crippen LogP contribution is 2.21. The van der Waals surface area contributed by atoms with E-state index in [4.69, 9.17) is 4.52 Å². The second kappa shape index (κ2) is 5.05. The molecule has 2 aromatic rings. The van der Waals surface area contributed by atoms with Crippen LogP contribution in [0.3, 0.4) is 0 Å². The minimum atomic E-state index is 0.105. The number of aryl methyl sites for hydroxylation is 1. The molecule has 0 radical (unpaired) electrons. The molecular weight excluding hydrogens is 216 g/mol. The quantitative estimate of drug-likeness (QED) is 0.874. The van der Waals surface area contributed by atoms with Gasteiger partial charge in [0.05, 0.1) is 6.04 Å². The molecule has 0 saturated heterocycles. The van der Waals surface area contributed by atoms with Gasteiger partial charge in [0.2, 0.25) is 11.7 Å². The van der Waals surface area contributed by atoms with Crippen molar-refractivity contribution in [3.63, 3.8) is 0 Å². The summed E-state index contributed by atoms with van der Waals surface area (Å²) in [6.07, 6.45) is 4.41. The summed E-state index contributed by atoms with van der Waals surface area (Å²) < 4.78 is 5.27. The lowest BCUT2D eigenvalue weighted by Gasteiger charge is -2.06. The molecule has 0 aliphatic rings. The Bertz CT molecular complexity index is 491. The molecular formula is C12H16N4O. The second-order valence-electron chi connectivity index (χ2n) is 3.90. The molecule has 0 saturated carbocycles. The minimum absolute atomic E-state index is 0.105. The topological polar surface area (TPSA) is 63.8 Å². The van der Waals surface area contributed by atoms with Crippen LogP contribution >= 0.6 is 0 Å². The zero-order chi connectivity index (χ0) is 12.3. The van der Waals surface area contributed by atoms with Crippen LogP contribution in [0.2, 0.25) is 0 Å². The third kappa shape index (κ3) is 2.34. The summed E-state index contributed by atoms with van der Waals surface area (Å²) in [5, 5.41) is 7.13. The van der Waals surface area contributed by atoms with Gasteiger partial charge in [-0.05, 0) is 32.0 Å². The van der Waals surface area contributed by atoms with Crippen molar-refractivity contribution in [2.75, 3.05) is 7.05 Å². The van der Waals surface area contributed by atoms with E-state index in [1.807, 2.05) is 20.0 Å². The van der Waals surface area contributed by atoms with Gasteiger partial charge in [0.15, 0.2) is 0 Å². The van der Waals surface area contributed by atoms with Crippen molar-refractivity contribution >= 4 is 0 Å². The lowest BCUT2D eigenvalue weighted by atomic mass is 10.1. The summed E-state index contributed by atoms with van der Waals surface area (Å²) in [5.74, 6) is 1.22. The van der Waals surface area contributed by atoms with Crippen LogP contribution in [0, 0.1) is 6.92 Å².